The molecule has 29 heavy (non-hydrogen) atoms. The van der Waals surface area contributed by atoms with Gasteiger partial charge in [-0.05, 0) is 42.5 Å². The molecule has 0 aliphatic rings. The molecule has 0 radical (unpaired) electrons. The summed E-state index contributed by atoms with van der Waals surface area (Å²) in [5.41, 5.74) is 2.51. The Bertz CT molecular complexity index is 1070. The lowest BCUT2D eigenvalue weighted by Gasteiger charge is -2.08. The molecule has 0 saturated carbocycles. The maximum atomic E-state index is 12.1. The monoisotopic (exact) mass is 386 g/mol. The third-order valence-electron chi connectivity index (χ3n) is 3.97. The number of amides is 2. The van der Waals surface area contributed by atoms with Gasteiger partial charge in [-0.3, -0.25) is 0 Å². The van der Waals surface area contributed by atoms with Gasteiger partial charge in [0.15, 0.2) is 0 Å². The Balaban J connectivity index is 1.28. The number of anilines is 1. The van der Waals surface area contributed by atoms with Crippen molar-refractivity contribution in [3.05, 3.63) is 91.0 Å². The average Bonchev–Trinajstić information content (AvgIpc) is 3.24. The van der Waals surface area contributed by atoms with Crippen LogP contribution in [0.15, 0.2) is 85.5 Å². The van der Waals surface area contributed by atoms with Crippen molar-refractivity contribution in [1.82, 2.24) is 25.1 Å². The van der Waals surface area contributed by atoms with Crippen LogP contribution in [0, 0.1) is 0 Å². The van der Waals surface area contributed by atoms with E-state index < -0.39 is 0 Å². The molecule has 0 spiro atoms. The van der Waals surface area contributed by atoms with Crippen molar-refractivity contribution in [3.8, 4) is 17.4 Å². The van der Waals surface area contributed by atoms with E-state index in [1.807, 2.05) is 36.5 Å². The van der Waals surface area contributed by atoms with Crippen molar-refractivity contribution >= 4 is 11.7 Å². The van der Waals surface area contributed by atoms with Crippen LogP contribution >= 0.6 is 0 Å². The third-order valence-corrected chi connectivity index (χ3v) is 3.97. The summed E-state index contributed by atoms with van der Waals surface area (Å²) in [6.45, 7) is 0.366. The molecule has 2 N–H and O–H groups in total. The van der Waals surface area contributed by atoms with E-state index in [2.05, 4.69) is 25.7 Å². The molecule has 2 heterocycles. The molecule has 8 heteroatoms. The number of aromatic nitrogens is 4. The average molecular weight is 386 g/mol. The Morgan fingerprint density at radius 3 is 2.48 bits per heavy atom. The number of rotatable bonds is 6. The highest BCUT2D eigenvalue weighted by atomic mass is 16.5. The van der Waals surface area contributed by atoms with Crippen LogP contribution < -0.4 is 15.4 Å². The van der Waals surface area contributed by atoms with E-state index in [4.69, 9.17) is 4.74 Å². The molecule has 0 aliphatic heterocycles. The van der Waals surface area contributed by atoms with Crippen LogP contribution in [0.25, 0.3) is 5.69 Å². The molecule has 4 aromatic rings. The highest BCUT2D eigenvalue weighted by molar-refractivity contribution is 5.89. The quantitative estimate of drug-likeness (QED) is 0.526. The SMILES string of the molecule is O=C(NCc1cnn(-c2ccccc2)c1)Nc1ccc(Oc2ncccn2)cc1. The first-order valence-corrected chi connectivity index (χ1v) is 8.95. The van der Waals surface area contributed by atoms with Crippen LogP contribution in [0.5, 0.6) is 11.8 Å². The number of nitrogens with zero attached hydrogens (tertiary/aromatic N) is 4. The smallest absolute Gasteiger partial charge is 0.321 e. The molecular formula is C21H18N6O2. The summed E-state index contributed by atoms with van der Waals surface area (Å²) in [7, 11) is 0. The second kappa shape index (κ2) is 8.66. The van der Waals surface area contributed by atoms with Crippen LogP contribution in [-0.2, 0) is 6.54 Å². The summed E-state index contributed by atoms with van der Waals surface area (Å²) in [4.78, 5) is 20.1. The van der Waals surface area contributed by atoms with Crippen molar-refractivity contribution in [2.75, 3.05) is 5.32 Å². The predicted octanol–water partition coefficient (Wildman–Crippen LogP) is 3.78. The minimum absolute atomic E-state index is 0.266. The van der Waals surface area contributed by atoms with Gasteiger partial charge < -0.3 is 15.4 Å². The van der Waals surface area contributed by atoms with Crippen LogP contribution in [0.1, 0.15) is 5.56 Å². The van der Waals surface area contributed by atoms with Gasteiger partial charge in [-0.1, -0.05) is 18.2 Å². The zero-order chi connectivity index (χ0) is 19.9. The number of benzene rings is 2. The van der Waals surface area contributed by atoms with Gasteiger partial charge >= 0.3 is 12.0 Å². The molecule has 8 nitrogen and oxygen atoms in total. The molecule has 0 saturated heterocycles. The summed E-state index contributed by atoms with van der Waals surface area (Å²) in [5, 5.41) is 9.90. The fourth-order valence-corrected chi connectivity index (χ4v) is 2.58. The van der Waals surface area contributed by atoms with Crippen LogP contribution in [0.2, 0.25) is 0 Å². The van der Waals surface area contributed by atoms with E-state index in [0.29, 0.717) is 18.0 Å². The Hall–Kier alpha value is -4.20. The van der Waals surface area contributed by atoms with Gasteiger partial charge in [0.1, 0.15) is 5.75 Å². The zero-order valence-corrected chi connectivity index (χ0v) is 15.4. The predicted molar refractivity (Wildman–Crippen MR) is 108 cm³/mol. The number of carbonyl (C=O) groups is 1. The van der Waals surface area contributed by atoms with Crippen LogP contribution in [0.3, 0.4) is 0 Å². The normalized spacial score (nSPS) is 10.3. The molecule has 0 unspecified atom stereocenters. The van der Waals surface area contributed by atoms with Crippen LogP contribution in [0.4, 0.5) is 10.5 Å². The van der Waals surface area contributed by atoms with Gasteiger partial charge in [0.2, 0.25) is 0 Å². The minimum atomic E-state index is -0.308. The van der Waals surface area contributed by atoms with Gasteiger partial charge in [0, 0.05) is 36.4 Å². The number of hydrogen-bond donors (Lipinski definition) is 2. The second-order valence-electron chi connectivity index (χ2n) is 6.09. The van der Waals surface area contributed by atoms with E-state index in [1.54, 1.807) is 53.6 Å². The fraction of sp³-hybridized carbons (Fsp3) is 0.0476. The highest BCUT2D eigenvalue weighted by Gasteiger charge is 2.05. The lowest BCUT2D eigenvalue weighted by Crippen LogP contribution is -2.27. The Morgan fingerprint density at radius 1 is 0.966 bits per heavy atom. The molecule has 0 bridgehead atoms. The van der Waals surface area contributed by atoms with Crippen LogP contribution in [-0.4, -0.2) is 25.8 Å². The minimum Gasteiger partial charge on any atom is -0.424 e. The number of hydrogen-bond acceptors (Lipinski definition) is 5. The summed E-state index contributed by atoms with van der Waals surface area (Å²) < 4.78 is 7.29. The first-order chi connectivity index (χ1) is 14.3. The standard InChI is InChI=1S/C21H18N6O2/c28-20(24-13-16-14-25-27(15-16)18-5-2-1-3-6-18)26-17-7-9-19(10-8-17)29-21-22-11-4-12-23-21/h1-12,14-15H,13H2,(H2,24,26,28). The van der Waals surface area contributed by atoms with Gasteiger partial charge in [-0.15, -0.1) is 0 Å². The Morgan fingerprint density at radius 2 is 1.72 bits per heavy atom. The summed E-state index contributed by atoms with van der Waals surface area (Å²) in [6, 6.07) is 18.4. The summed E-state index contributed by atoms with van der Waals surface area (Å²) >= 11 is 0. The number of para-hydroxylation sites is 1. The molecule has 2 amide bonds. The lowest BCUT2D eigenvalue weighted by molar-refractivity contribution is 0.251. The van der Waals surface area contributed by atoms with E-state index in [1.165, 1.54) is 0 Å². The molecule has 2 aromatic carbocycles. The summed E-state index contributed by atoms with van der Waals surface area (Å²) in [6.07, 6.45) is 6.82. The largest absolute Gasteiger partial charge is 0.424 e. The van der Waals surface area contributed by atoms with E-state index in [9.17, 15) is 4.79 Å². The molecular weight excluding hydrogens is 368 g/mol. The number of ether oxygens (including phenoxy) is 1. The first-order valence-electron chi connectivity index (χ1n) is 8.95. The van der Waals surface area contributed by atoms with Crippen molar-refractivity contribution in [2.24, 2.45) is 0 Å². The number of nitrogens with one attached hydrogen (secondary N) is 2. The number of carbonyl (C=O) groups excluding carboxylic acids is 1. The van der Waals surface area contributed by atoms with Gasteiger partial charge in [-0.2, -0.15) is 5.10 Å². The zero-order valence-electron chi connectivity index (χ0n) is 15.4. The molecule has 4 rings (SSSR count). The second-order valence-corrected chi connectivity index (χ2v) is 6.09. The summed E-state index contributed by atoms with van der Waals surface area (Å²) in [5.74, 6) is 0.579. The van der Waals surface area contributed by atoms with Crippen molar-refractivity contribution in [3.63, 3.8) is 0 Å². The van der Waals surface area contributed by atoms with Gasteiger partial charge in [0.25, 0.3) is 0 Å². The highest BCUT2D eigenvalue weighted by Crippen LogP contribution is 2.19. The van der Waals surface area contributed by atoms with Crippen molar-refractivity contribution < 1.29 is 9.53 Å². The maximum absolute atomic E-state index is 12.1. The Labute approximate surface area is 167 Å². The van der Waals surface area contributed by atoms with E-state index in [-0.39, 0.29) is 12.0 Å². The maximum Gasteiger partial charge on any atom is 0.321 e. The van der Waals surface area contributed by atoms with E-state index >= 15 is 0 Å². The Kier molecular flexibility index (Phi) is 5.43. The molecule has 0 aliphatic carbocycles. The van der Waals surface area contributed by atoms with Gasteiger partial charge in [0.05, 0.1) is 11.9 Å². The number of urea groups is 1. The van der Waals surface area contributed by atoms with Crippen molar-refractivity contribution in [2.45, 2.75) is 6.54 Å². The third kappa shape index (κ3) is 4.95. The first kappa shape index (κ1) is 18.2. The van der Waals surface area contributed by atoms with Gasteiger partial charge in [-0.25, -0.2) is 19.4 Å². The fourth-order valence-electron chi connectivity index (χ4n) is 2.58. The topological polar surface area (TPSA) is 94.0 Å². The molecule has 2 aromatic heterocycles. The van der Waals surface area contributed by atoms with E-state index in [0.717, 1.165) is 11.3 Å². The molecule has 0 atom stereocenters. The van der Waals surface area contributed by atoms with Crippen molar-refractivity contribution in [1.29, 1.82) is 0 Å². The molecule has 144 valence electrons. The lowest BCUT2D eigenvalue weighted by atomic mass is 10.3. The molecule has 0 fully saturated rings.